The Labute approximate surface area is 226 Å². The maximum Gasteiger partial charge on any atom is 0.336 e. The second-order valence-electron chi connectivity index (χ2n) is 9.16. The van der Waals surface area contributed by atoms with E-state index in [1.165, 1.54) is 24.5 Å². The normalized spacial score (nSPS) is 21.1. The standard InChI is InChI=1S/C29H33NO7S/c1-5-9-18-26(29(34)37-7-3)23(16-11-12-20(31)21(14-16)35-4)25-19(30-18)15-17(22-10-8-13-38-22)24(27(25)32)28(33)36-6-2/h8,10-14,17,23-24,30-31H,5-7,9,15H2,1-4H3/t17-,23+,24+/m0/s1. The predicted octanol–water partition coefficient (Wildman–Crippen LogP) is 4.96. The van der Waals surface area contributed by atoms with E-state index in [1.54, 1.807) is 26.0 Å². The smallest absolute Gasteiger partial charge is 0.336 e. The summed E-state index contributed by atoms with van der Waals surface area (Å²) in [5.41, 5.74) is 2.62. The van der Waals surface area contributed by atoms with E-state index in [0.29, 0.717) is 40.9 Å². The number of phenols is 1. The number of rotatable bonds is 9. The minimum atomic E-state index is -1.05. The summed E-state index contributed by atoms with van der Waals surface area (Å²) in [7, 11) is 1.44. The first kappa shape index (κ1) is 27.4. The monoisotopic (exact) mass is 539 g/mol. The molecule has 2 aromatic rings. The van der Waals surface area contributed by atoms with E-state index >= 15 is 0 Å². The molecule has 3 atom stereocenters. The van der Waals surface area contributed by atoms with Crippen LogP contribution in [0.2, 0.25) is 0 Å². The first-order chi connectivity index (χ1) is 18.4. The van der Waals surface area contributed by atoms with Crippen LogP contribution in [0.25, 0.3) is 0 Å². The van der Waals surface area contributed by atoms with E-state index in [1.807, 2.05) is 24.4 Å². The Morgan fingerprint density at radius 1 is 1.13 bits per heavy atom. The molecule has 0 bridgehead atoms. The number of thiophene rings is 1. The van der Waals surface area contributed by atoms with E-state index in [2.05, 4.69) is 5.32 Å². The highest BCUT2D eigenvalue weighted by Gasteiger charge is 2.49. The second kappa shape index (κ2) is 11.9. The van der Waals surface area contributed by atoms with Gasteiger partial charge in [-0.1, -0.05) is 25.5 Å². The van der Waals surface area contributed by atoms with Crippen LogP contribution in [0.1, 0.15) is 62.3 Å². The van der Waals surface area contributed by atoms with Gasteiger partial charge in [0.1, 0.15) is 5.92 Å². The van der Waals surface area contributed by atoms with Crippen LogP contribution in [0.15, 0.2) is 58.3 Å². The first-order valence-corrected chi connectivity index (χ1v) is 13.7. The number of nitrogens with one attached hydrogen (secondary N) is 1. The van der Waals surface area contributed by atoms with Crippen molar-refractivity contribution in [3.05, 3.63) is 68.7 Å². The summed E-state index contributed by atoms with van der Waals surface area (Å²) in [6.07, 6.45) is 1.73. The molecule has 0 saturated carbocycles. The molecular weight excluding hydrogens is 506 g/mol. The van der Waals surface area contributed by atoms with E-state index in [0.717, 1.165) is 11.3 Å². The Bertz CT molecular complexity index is 1280. The number of benzene rings is 1. The zero-order chi connectivity index (χ0) is 27.4. The van der Waals surface area contributed by atoms with Crippen LogP contribution in [0.3, 0.4) is 0 Å². The molecule has 2 heterocycles. The fraction of sp³-hybridized carbons (Fsp3) is 0.414. The minimum Gasteiger partial charge on any atom is -0.504 e. The van der Waals surface area contributed by atoms with E-state index < -0.39 is 29.7 Å². The van der Waals surface area contributed by atoms with Crippen LogP contribution in [0.5, 0.6) is 11.5 Å². The van der Waals surface area contributed by atoms with Crippen LogP contribution in [-0.2, 0) is 23.9 Å². The Hall–Kier alpha value is -3.59. The molecule has 1 aromatic heterocycles. The molecule has 0 unspecified atom stereocenters. The third kappa shape index (κ3) is 5.07. The third-order valence-corrected chi connectivity index (χ3v) is 7.89. The van der Waals surface area contributed by atoms with Crippen LogP contribution >= 0.6 is 11.3 Å². The minimum absolute atomic E-state index is 0.0630. The molecule has 1 aliphatic carbocycles. The van der Waals surface area contributed by atoms with Gasteiger partial charge in [0.15, 0.2) is 17.3 Å². The number of hydrogen-bond acceptors (Lipinski definition) is 9. The van der Waals surface area contributed by atoms with Crippen molar-refractivity contribution in [3.8, 4) is 11.5 Å². The third-order valence-electron chi connectivity index (χ3n) is 6.89. The summed E-state index contributed by atoms with van der Waals surface area (Å²) in [6.45, 7) is 5.77. The van der Waals surface area contributed by atoms with Gasteiger partial charge in [0.05, 0.1) is 25.9 Å². The van der Waals surface area contributed by atoms with Crippen molar-refractivity contribution < 1.29 is 33.7 Å². The van der Waals surface area contributed by atoms with Gasteiger partial charge < -0.3 is 24.6 Å². The molecule has 2 aliphatic rings. The molecule has 4 rings (SSSR count). The molecular formula is C29H33NO7S. The molecule has 202 valence electrons. The Morgan fingerprint density at radius 3 is 2.53 bits per heavy atom. The summed E-state index contributed by atoms with van der Waals surface area (Å²) in [5.74, 6) is -3.60. The zero-order valence-electron chi connectivity index (χ0n) is 22.0. The van der Waals surface area contributed by atoms with Crippen LogP contribution in [-0.4, -0.2) is 43.2 Å². The van der Waals surface area contributed by atoms with Crippen molar-refractivity contribution in [2.75, 3.05) is 20.3 Å². The summed E-state index contributed by atoms with van der Waals surface area (Å²) < 4.78 is 16.2. The molecule has 0 saturated heterocycles. The lowest BCUT2D eigenvalue weighted by molar-refractivity contribution is -0.152. The second-order valence-corrected chi connectivity index (χ2v) is 10.1. The number of Topliss-reactive ketones (excluding diaryl/α,β-unsaturated/α-hetero) is 1. The number of phenolic OH excluding ortho intramolecular Hbond substituents is 1. The first-order valence-electron chi connectivity index (χ1n) is 12.9. The van der Waals surface area contributed by atoms with Gasteiger partial charge in [0, 0.05) is 33.7 Å². The topological polar surface area (TPSA) is 111 Å². The van der Waals surface area contributed by atoms with Crippen molar-refractivity contribution in [1.29, 1.82) is 0 Å². The number of aromatic hydroxyl groups is 1. The van der Waals surface area contributed by atoms with Crippen molar-refractivity contribution in [1.82, 2.24) is 5.32 Å². The van der Waals surface area contributed by atoms with Gasteiger partial charge in [-0.15, -0.1) is 11.3 Å². The quantitative estimate of drug-likeness (QED) is 0.340. The fourth-order valence-electron chi connectivity index (χ4n) is 5.32. The number of carbonyl (C=O) groups is 3. The highest BCUT2D eigenvalue weighted by atomic mass is 32.1. The number of esters is 2. The average Bonchev–Trinajstić information content (AvgIpc) is 3.43. The number of hydrogen-bond donors (Lipinski definition) is 2. The number of dihydropyridines is 1. The van der Waals surface area contributed by atoms with Crippen LogP contribution in [0.4, 0.5) is 0 Å². The van der Waals surface area contributed by atoms with Gasteiger partial charge in [-0.05, 0) is 55.8 Å². The van der Waals surface area contributed by atoms with E-state index in [9.17, 15) is 19.5 Å². The summed E-state index contributed by atoms with van der Waals surface area (Å²) in [6, 6.07) is 8.59. The molecule has 0 radical (unpaired) electrons. The lowest BCUT2D eigenvalue weighted by Gasteiger charge is -2.39. The van der Waals surface area contributed by atoms with E-state index in [-0.39, 0.29) is 30.5 Å². The Kier molecular flexibility index (Phi) is 8.56. The number of allylic oxidation sites excluding steroid dienone is 3. The Balaban J connectivity index is 1.95. The van der Waals surface area contributed by atoms with Crippen LogP contribution < -0.4 is 10.1 Å². The maximum atomic E-state index is 14.3. The molecule has 2 N–H and O–H groups in total. The number of ether oxygens (including phenoxy) is 3. The zero-order valence-corrected chi connectivity index (χ0v) is 22.9. The fourth-order valence-corrected chi connectivity index (χ4v) is 6.19. The maximum absolute atomic E-state index is 14.3. The molecule has 9 heteroatoms. The SMILES string of the molecule is CCCC1=C(C(=O)OCC)[C@H](c2ccc(O)c(OC)c2)C2=C(C[C@@H](c3cccs3)[C@@H](C(=O)OCC)C2=O)N1. The molecule has 8 nitrogen and oxygen atoms in total. The van der Waals surface area contributed by atoms with Gasteiger partial charge in [-0.25, -0.2) is 4.79 Å². The highest BCUT2D eigenvalue weighted by molar-refractivity contribution is 7.10. The molecule has 38 heavy (non-hydrogen) atoms. The van der Waals surface area contributed by atoms with E-state index in [4.69, 9.17) is 14.2 Å². The largest absolute Gasteiger partial charge is 0.504 e. The predicted molar refractivity (Wildman–Crippen MR) is 143 cm³/mol. The molecule has 1 aliphatic heterocycles. The van der Waals surface area contributed by atoms with Crippen molar-refractivity contribution >= 4 is 29.1 Å². The van der Waals surface area contributed by atoms with Gasteiger partial charge in [0.25, 0.3) is 0 Å². The van der Waals surface area contributed by atoms with Gasteiger partial charge in [-0.3, -0.25) is 9.59 Å². The van der Waals surface area contributed by atoms with Gasteiger partial charge in [-0.2, -0.15) is 0 Å². The number of methoxy groups -OCH3 is 1. The molecule has 1 aromatic carbocycles. The van der Waals surface area contributed by atoms with Gasteiger partial charge >= 0.3 is 11.9 Å². The molecule has 0 fully saturated rings. The average molecular weight is 540 g/mol. The van der Waals surface area contributed by atoms with Crippen molar-refractivity contribution in [2.24, 2.45) is 5.92 Å². The molecule has 0 amide bonds. The molecule has 0 spiro atoms. The highest BCUT2D eigenvalue weighted by Crippen LogP contribution is 2.50. The van der Waals surface area contributed by atoms with Gasteiger partial charge in [0.2, 0.25) is 0 Å². The lowest BCUT2D eigenvalue weighted by atomic mass is 9.68. The number of carbonyl (C=O) groups excluding carboxylic acids is 3. The Morgan fingerprint density at radius 2 is 1.89 bits per heavy atom. The van der Waals surface area contributed by atoms with Crippen molar-refractivity contribution in [2.45, 2.75) is 51.9 Å². The van der Waals surface area contributed by atoms with Crippen LogP contribution in [0, 0.1) is 5.92 Å². The summed E-state index contributed by atoms with van der Waals surface area (Å²) in [5, 5.41) is 15.6. The lowest BCUT2D eigenvalue weighted by Crippen LogP contribution is -2.43. The number of ketones is 1. The summed E-state index contributed by atoms with van der Waals surface area (Å²) in [4.78, 5) is 41.9. The summed E-state index contributed by atoms with van der Waals surface area (Å²) >= 11 is 1.50. The van der Waals surface area contributed by atoms with Crippen molar-refractivity contribution in [3.63, 3.8) is 0 Å².